The molecule has 0 heteroatoms. The quantitative estimate of drug-likeness (QED) is 0.601. The van der Waals surface area contributed by atoms with Crippen LogP contribution in [0.15, 0.2) is 43.0 Å². The Hall–Kier alpha value is -1.30. The van der Waals surface area contributed by atoms with Crippen LogP contribution in [0.3, 0.4) is 0 Å². The third-order valence-electron chi connectivity index (χ3n) is 2.33. The fourth-order valence-corrected chi connectivity index (χ4v) is 1.71. The largest absolute Gasteiger partial charge is 0.0985 e. The van der Waals surface area contributed by atoms with Crippen molar-refractivity contribution in [2.24, 2.45) is 0 Å². The summed E-state index contributed by atoms with van der Waals surface area (Å²) in [5.74, 6) is 0. The Morgan fingerprint density at radius 1 is 1.06 bits per heavy atom. The topological polar surface area (TPSA) is 0 Å². The molecule has 0 spiro atoms. The first-order valence-corrected chi connectivity index (χ1v) is 6.32. The van der Waals surface area contributed by atoms with E-state index < -0.39 is 0 Å². The highest BCUT2D eigenvalue weighted by Crippen LogP contribution is 2.26. The molecule has 0 radical (unpaired) electrons. The van der Waals surface area contributed by atoms with E-state index in [9.17, 15) is 0 Å². The van der Waals surface area contributed by atoms with Gasteiger partial charge in [-0.1, -0.05) is 70.7 Å². The maximum absolute atomic E-state index is 3.81. The van der Waals surface area contributed by atoms with E-state index in [0.29, 0.717) is 0 Å². The molecule has 1 aromatic carbocycles. The molecule has 88 valence electrons. The lowest BCUT2D eigenvalue weighted by molar-refractivity contribution is 0.979. The van der Waals surface area contributed by atoms with Gasteiger partial charge >= 0.3 is 0 Å². The van der Waals surface area contributed by atoms with Crippen LogP contribution in [0.25, 0.3) is 5.57 Å². The lowest BCUT2D eigenvalue weighted by Crippen LogP contribution is -1.97. The van der Waals surface area contributed by atoms with Crippen LogP contribution in [-0.4, -0.2) is 0 Å². The predicted molar refractivity (Wildman–Crippen MR) is 75.6 cm³/mol. The molecule has 0 N–H and O–H groups in total. The van der Waals surface area contributed by atoms with Gasteiger partial charge < -0.3 is 0 Å². The number of hydrogen-bond acceptors (Lipinski definition) is 0. The van der Waals surface area contributed by atoms with Crippen LogP contribution in [-0.2, 0) is 6.42 Å². The SMILES string of the molecule is C=CC1=CCCc2ccccc21.CC.CC. The molecule has 0 saturated heterocycles. The van der Waals surface area contributed by atoms with Gasteiger partial charge in [-0.2, -0.15) is 0 Å². The molecule has 0 saturated carbocycles. The molecule has 1 aromatic rings. The maximum Gasteiger partial charge on any atom is -0.0155 e. The fraction of sp³-hybridized carbons (Fsp3) is 0.375. The van der Waals surface area contributed by atoms with Gasteiger partial charge in [-0.15, -0.1) is 0 Å². The van der Waals surface area contributed by atoms with Gasteiger partial charge in [-0.25, -0.2) is 0 Å². The summed E-state index contributed by atoms with van der Waals surface area (Å²) >= 11 is 0. The van der Waals surface area contributed by atoms with E-state index in [2.05, 4.69) is 36.9 Å². The van der Waals surface area contributed by atoms with Crippen LogP contribution in [0, 0.1) is 0 Å². The molecule has 0 aliphatic heterocycles. The van der Waals surface area contributed by atoms with Crippen molar-refractivity contribution in [1.29, 1.82) is 0 Å². The smallest absolute Gasteiger partial charge is 0.0155 e. The Balaban J connectivity index is 0.000000509. The Labute approximate surface area is 101 Å². The molecule has 1 aliphatic rings. The van der Waals surface area contributed by atoms with Crippen LogP contribution < -0.4 is 0 Å². The molecule has 0 nitrogen and oxygen atoms in total. The summed E-state index contributed by atoms with van der Waals surface area (Å²) in [6.07, 6.45) is 6.53. The van der Waals surface area contributed by atoms with Gasteiger partial charge in [0.05, 0.1) is 0 Å². The van der Waals surface area contributed by atoms with Crippen molar-refractivity contribution < 1.29 is 0 Å². The highest BCUT2D eigenvalue weighted by atomic mass is 14.1. The average Bonchev–Trinajstić information content (AvgIpc) is 2.42. The van der Waals surface area contributed by atoms with Crippen molar-refractivity contribution in [2.45, 2.75) is 40.5 Å². The number of benzene rings is 1. The summed E-state index contributed by atoms with van der Waals surface area (Å²) in [7, 11) is 0. The molecular weight excluding hydrogens is 192 g/mol. The van der Waals surface area contributed by atoms with E-state index >= 15 is 0 Å². The van der Waals surface area contributed by atoms with E-state index in [1.807, 2.05) is 33.8 Å². The Morgan fingerprint density at radius 2 is 1.69 bits per heavy atom. The number of aryl methyl sites for hydroxylation is 1. The number of rotatable bonds is 1. The van der Waals surface area contributed by atoms with Crippen molar-refractivity contribution in [3.8, 4) is 0 Å². The van der Waals surface area contributed by atoms with Crippen molar-refractivity contribution in [1.82, 2.24) is 0 Å². The zero-order valence-electron chi connectivity index (χ0n) is 11.1. The van der Waals surface area contributed by atoms with Gasteiger partial charge in [-0.3, -0.25) is 0 Å². The minimum Gasteiger partial charge on any atom is -0.0985 e. The third kappa shape index (κ3) is 3.69. The summed E-state index contributed by atoms with van der Waals surface area (Å²) in [5.41, 5.74) is 4.10. The molecule has 0 heterocycles. The molecule has 2 rings (SSSR count). The summed E-state index contributed by atoms with van der Waals surface area (Å²) in [6.45, 7) is 11.8. The van der Waals surface area contributed by atoms with Gasteiger partial charge in [0.2, 0.25) is 0 Å². The van der Waals surface area contributed by atoms with E-state index in [1.54, 1.807) is 0 Å². The van der Waals surface area contributed by atoms with Crippen LogP contribution in [0.1, 0.15) is 45.2 Å². The lowest BCUT2D eigenvalue weighted by atomic mass is 9.91. The Bertz CT molecular complexity index is 332. The summed E-state index contributed by atoms with van der Waals surface area (Å²) in [5, 5.41) is 0. The summed E-state index contributed by atoms with van der Waals surface area (Å²) in [6, 6.07) is 8.56. The highest BCUT2D eigenvalue weighted by Gasteiger charge is 2.07. The molecule has 1 aliphatic carbocycles. The molecule has 0 bridgehead atoms. The molecular formula is C16H24. The third-order valence-corrected chi connectivity index (χ3v) is 2.33. The number of fused-ring (bicyclic) bond motifs is 1. The van der Waals surface area contributed by atoms with E-state index in [0.717, 1.165) is 6.42 Å². The zero-order chi connectivity index (χ0) is 12.4. The van der Waals surface area contributed by atoms with Gasteiger partial charge in [0.25, 0.3) is 0 Å². The predicted octanol–water partition coefficient (Wildman–Crippen LogP) is 5.25. The van der Waals surface area contributed by atoms with E-state index in [-0.39, 0.29) is 0 Å². The number of hydrogen-bond donors (Lipinski definition) is 0. The fourth-order valence-electron chi connectivity index (χ4n) is 1.71. The normalized spacial score (nSPS) is 11.9. The van der Waals surface area contributed by atoms with Crippen LogP contribution >= 0.6 is 0 Å². The highest BCUT2D eigenvalue weighted by molar-refractivity contribution is 5.76. The monoisotopic (exact) mass is 216 g/mol. The molecule has 0 amide bonds. The molecule has 16 heavy (non-hydrogen) atoms. The zero-order valence-corrected chi connectivity index (χ0v) is 11.1. The summed E-state index contributed by atoms with van der Waals surface area (Å²) < 4.78 is 0. The van der Waals surface area contributed by atoms with E-state index in [1.165, 1.54) is 23.1 Å². The van der Waals surface area contributed by atoms with Crippen LogP contribution in [0.4, 0.5) is 0 Å². The van der Waals surface area contributed by atoms with Crippen molar-refractivity contribution in [2.75, 3.05) is 0 Å². The van der Waals surface area contributed by atoms with Crippen molar-refractivity contribution in [3.63, 3.8) is 0 Å². The minimum atomic E-state index is 1.15. The van der Waals surface area contributed by atoms with Gasteiger partial charge in [0.1, 0.15) is 0 Å². The lowest BCUT2D eigenvalue weighted by Gasteiger charge is -2.14. The molecule has 0 unspecified atom stereocenters. The maximum atomic E-state index is 3.81. The van der Waals surface area contributed by atoms with Crippen LogP contribution in [0.5, 0.6) is 0 Å². The number of allylic oxidation sites excluding steroid dienone is 3. The first kappa shape index (κ1) is 14.7. The first-order valence-electron chi connectivity index (χ1n) is 6.32. The van der Waals surface area contributed by atoms with E-state index in [4.69, 9.17) is 0 Å². The molecule has 0 atom stereocenters. The van der Waals surface area contributed by atoms with Crippen molar-refractivity contribution in [3.05, 3.63) is 54.1 Å². The molecule has 0 aromatic heterocycles. The second-order valence-corrected chi connectivity index (χ2v) is 3.06. The minimum absolute atomic E-state index is 1.15. The second kappa shape index (κ2) is 8.96. The second-order valence-electron chi connectivity index (χ2n) is 3.06. The Morgan fingerprint density at radius 3 is 2.31 bits per heavy atom. The van der Waals surface area contributed by atoms with Gasteiger partial charge in [0.15, 0.2) is 0 Å². The van der Waals surface area contributed by atoms with Gasteiger partial charge in [0, 0.05) is 0 Å². The average molecular weight is 216 g/mol. The summed E-state index contributed by atoms with van der Waals surface area (Å²) in [4.78, 5) is 0. The standard InChI is InChI=1S/C12H12.2C2H6/c1-2-10-7-5-8-11-6-3-4-9-12(10)11;2*1-2/h2-4,6-7,9H,1,5,8H2;2*1-2H3. The van der Waals surface area contributed by atoms with Gasteiger partial charge in [-0.05, 0) is 29.5 Å². The first-order chi connectivity index (χ1) is 7.92. The van der Waals surface area contributed by atoms with Crippen LogP contribution in [0.2, 0.25) is 0 Å². The van der Waals surface area contributed by atoms with Crippen molar-refractivity contribution >= 4 is 5.57 Å². The Kier molecular flexibility index (Phi) is 8.24. The molecule has 0 fully saturated rings.